The second kappa shape index (κ2) is 6.53. The molecule has 2 amide bonds. The molecule has 22 heavy (non-hydrogen) atoms. The van der Waals surface area contributed by atoms with Gasteiger partial charge < -0.3 is 4.90 Å². The summed E-state index contributed by atoms with van der Waals surface area (Å²) in [6.07, 6.45) is 0. The fraction of sp³-hybridized carbons (Fsp3) is 0.143. The normalized spacial score (nSPS) is 9.91. The number of benzene rings is 1. The number of amides is 2. The molecule has 1 aromatic heterocycles. The first-order valence-corrected chi connectivity index (χ1v) is 6.41. The zero-order valence-corrected chi connectivity index (χ0v) is 12.1. The third-order valence-electron chi connectivity index (χ3n) is 2.83. The largest absolute Gasteiger partial charge is 0.378 e. The molecule has 2 rings (SSSR count). The van der Waals surface area contributed by atoms with Gasteiger partial charge in [-0.05, 0) is 24.3 Å². The minimum atomic E-state index is -0.631. The fourth-order valence-electron chi connectivity index (χ4n) is 1.65. The Labute approximate surface area is 126 Å². The highest BCUT2D eigenvalue weighted by atomic mass is 16.2. The molecule has 0 saturated heterocycles. The summed E-state index contributed by atoms with van der Waals surface area (Å²) in [6.45, 7) is 0. The zero-order valence-electron chi connectivity index (χ0n) is 12.1. The van der Waals surface area contributed by atoms with Gasteiger partial charge in [0, 0.05) is 31.4 Å². The molecule has 0 aliphatic heterocycles. The van der Waals surface area contributed by atoms with Crippen molar-refractivity contribution in [2.75, 3.05) is 19.0 Å². The van der Waals surface area contributed by atoms with Crippen LogP contribution in [0.5, 0.6) is 0 Å². The number of carbonyl (C=O) groups is 2. The van der Waals surface area contributed by atoms with Crippen LogP contribution in [0.15, 0.2) is 41.2 Å². The van der Waals surface area contributed by atoms with E-state index in [4.69, 9.17) is 0 Å². The SMILES string of the molecule is CN(C)c1cccc(C(=O)NNC(=O)c2ccc(=O)[nH]n2)c1. The highest BCUT2D eigenvalue weighted by Gasteiger charge is 2.11. The van der Waals surface area contributed by atoms with Crippen LogP contribution in [0.2, 0.25) is 0 Å². The van der Waals surface area contributed by atoms with Gasteiger partial charge in [0.15, 0.2) is 5.69 Å². The number of carbonyl (C=O) groups excluding carboxylic acids is 2. The highest BCUT2D eigenvalue weighted by Crippen LogP contribution is 2.12. The highest BCUT2D eigenvalue weighted by molar-refractivity contribution is 5.98. The molecule has 2 aromatic rings. The van der Waals surface area contributed by atoms with Gasteiger partial charge in [-0.3, -0.25) is 25.2 Å². The predicted molar refractivity (Wildman–Crippen MR) is 80.6 cm³/mol. The molecule has 0 atom stereocenters. The third-order valence-corrected chi connectivity index (χ3v) is 2.83. The van der Waals surface area contributed by atoms with Crippen LogP contribution in [-0.4, -0.2) is 36.1 Å². The molecule has 0 bridgehead atoms. The molecule has 8 nitrogen and oxygen atoms in total. The molecule has 0 radical (unpaired) electrons. The Morgan fingerprint density at radius 1 is 1.09 bits per heavy atom. The Balaban J connectivity index is 2.00. The van der Waals surface area contributed by atoms with Crippen LogP contribution in [0.25, 0.3) is 0 Å². The summed E-state index contributed by atoms with van der Waals surface area (Å²) < 4.78 is 0. The molecule has 0 aliphatic carbocycles. The molecule has 0 saturated carbocycles. The Kier molecular flexibility index (Phi) is 4.52. The van der Waals surface area contributed by atoms with Crippen LogP contribution in [0.4, 0.5) is 5.69 Å². The molecule has 1 heterocycles. The van der Waals surface area contributed by atoms with E-state index >= 15 is 0 Å². The molecule has 0 aliphatic rings. The quantitative estimate of drug-likeness (QED) is 0.687. The number of H-pyrrole nitrogens is 1. The third kappa shape index (κ3) is 3.69. The zero-order chi connectivity index (χ0) is 16.1. The van der Waals surface area contributed by atoms with Crippen molar-refractivity contribution in [3.63, 3.8) is 0 Å². The lowest BCUT2D eigenvalue weighted by atomic mass is 10.2. The molecule has 0 spiro atoms. The maximum absolute atomic E-state index is 12.0. The molecule has 3 N–H and O–H groups in total. The van der Waals surface area contributed by atoms with Crippen molar-refractivity contribution < 1.29 is 9.59 Å². The topological polar surface area (TPSA) is 107 Å². The minimum absolute atomic E-state index is 0.0121. The summed E-state index contributed by atoms with van der Waals surface area (Å²) in [5.41, 5.74) is 5.36. The summed E-state index contributed by atoms with van der Waals surface area (Å²) >= 11 is 0. The van der Waals surface area contributed by atoms with Crippen molar-refractivity contribution in [3.05, 3.63) is 58.0 Å². The van der Waals surface area contributed by atoms with E-state index in [1.54, 1.807) is 18.2 Å². The predicted octanol–water partition coefficient (Wildman–Crippen LogP) is -0.0893. The number of nitrogens with one attached hydrogen (secondary N) is 3. The Bertz CT molecular complexity index is 734. The van der Waals surface area contributed by atoms with E-state index in [-0.39, 0.29) is 5.69 Å². The second-order valence-electron chi connectivity index (χ2n) is 4.66. The fourth-order valence-corrected chi connectivity index (χ4v) is 1.65. The number of nitrogens with zero attached hydrogens (tertiary/aromatic N) is 2. The van der Waals surface area contributed by atoms with Gasteiger partial charge >= 0.3 is 0 Å². The summed E-state index contributed by atoms with van der Waals surface area (Å²) in [4.78, 5) is 36.5. The number of aromatic nitrogens is 2. The van der Waals surface area contributed by atoms with Crippen molar-refractivity contribution in [1.82, 2.24) is 21.0 Å². The number of hydrogen-bond donors (Lipinski definition) is 3. The smallest absolute Gasteiger partial charge is 0.290 e. The number of aromatic amines is 1. The van der Waals surface area contributed by atoms with Crippen molar-refractivity contribution in [3.8, 4) is 0 Å². The monoisotopic (exact) mass is 301 g/mol. The second-order valence-corrected chi connectivity index (χ2v) is 4.66. The van der Waals surface area contributed by atoms with E-state index in [9.17, 15) is 14.4 Å². The van der Waals surface area contributed by atoms with Crippen LogP contribution < -0.4 is 21.3 Å². The molecule has 114 valence electrons. The van der Waals surface area contributed by atoms with Crippen molar-refractivity contribution >= 4 is 17.5 Å². The summed E-state index contributed by atoms with van der Waals surface area (Å²) in [7, 11) is 3.72. The van der Waals surface area contributed by atoms with Crippen molar-refractivity contribution in [2.24, 2.45) is 0 Å². The van der Waals surface area contributed by atoms with E-state index in [1.807, 2.05) is 25.1 Å². The minimum Gasteiger partial charge on any atom is -0.378 e. The van der Waals surface area contributed by atoms with Gasteiger partial charge in [0.25, 0.3) is 17.4 Å². The maximum Gasteiger partial charge on any atom is 0.290 e. The standard InChI is InChI=1S/C14H15N5O3/c1-19(2)10-5-3-4-9(8-10)13(21)17-18-14(22)11-6-7-12(20)16-15-11/h3-8H,1-2H3,(H,16,20)(H,17,21)(H,18,22). The van der Waals surface area contributed by atoms with E-state index in [1.165, 1.54) is 12.1 Å². The summed E-state index contributed by atoms with van der Waals surface area (Å²) in [6, 6.07) is 9.36. The van der Waals surface area contributed by atoms with Crippen LogP contribution in [0.1, 0.15) is 20.8 Å². The van der Waals surface area contributed by atoms with Crippen molar-refractivity contribution in [1.29, 1.82) is 0 Å². The van der Waals surface area contributed by atoms with E-state index in [0.29, 0.717) is 5.56 Å². The Morgan fingerprint density at radius 2 is 1.82 bits per heavy atom. The van der Waals surface area contributed by atoms with Crippen molar-refractivity contribution in [2.45, 2.75) is 0 Å². The molecular formula is C14H15N5O3. The van der Waals surface area contributed by atoms with Gasteiger partial charge in [-0.15, -0.1) is 0 Å². The first-order chi connectivity index (χ1) is 10.5. The first kappa shape index (κ1) is 15.2. The lowest BCUT2D eigenvalue weighted by Crippen LogP contribution is -2.42. The van der Waals surface area contributed by atoms with E-state index in [0.717, 1.165) is 5.69 Å². The summed E-state index contributed by atoms with van der Waals surface area (Å²) in [5, 5.41) is 5.69. The number of hydrogen-bond acceptors (Lipinski definition) is 5. The summed E-state index contributed by atoms with van der Waals surface area (Å²) in [5.74, 6) is -1.09. The van der Waals surface area contributed by atoms with Gasteiger partial charge in [-0.1, -0.05) is 6.07 Å². The molecule has 0 fully saturated rings. The molecule has 0 unspecified atom stereocenters. The average molecular weight is 301 g/mol. The van der Waals surface area contributed by atoms with Gasteiger partial charge in [0.1, 0.15) is 0 Å². The van der Waals surface area contributed by atoms with Gasteiger partial charge in [0.05, 0.1) is 0 Å². The average Bonchev–Trinajstić information content (AvgIpc) is 2.53. The molecular weight excluding hydrogens is 286 g/mol. The Morgan fingerprint density at radius 3 is 2.45 bits per heavy atom. The van der Waals surface area contributed by atoms with Gasteiger partial charge in [0.2, 0.25) is 0 Å². The van der Waals surface area contributed by atoms with Crippen LogP contribution in [-0.2, 0) is 0 Å². The van der Waals surface area contributed by atoms with E-state index in [2.05, 4.69) is 21.0 Å². The van der Waals surface area contributed by atoms with Gasteiger partial charge in [-0.25, -0.2) is 5.10 Å². The number of hydrazine groups is 1. The van der Waals surface area contributed by atoms with Crippen LogP contribution >= 0.6 is 0 Å². The lowest BCUT2D eigenvalue weighted by molar-refractivity contribution is 0.0843. The number of rotatable bonds is 3. The van der Waals surface area contributed by atoms with Gasteiger partial charge in [-0.2, -0.15) is 5.10 Å². The van der Waals surface area contributed by atoms with E-state index < -0.39 is 17.4 Å². The molecule has 1 aromatic carbocycles. The number of anilines is 1. The lowest BCUT2D eigenvalue weighted by Gasteiger charge is -2.13. The molecule has 8 heteroatoms. The first-order valence-electron chi connectivity index (χ1n) is 6.41. The van der Waals surface area contributed by atoms with Crippen LogP contribution in [0.3, 0.4) is 0 Å². The Hall–Kier alpha value is -3.16. The maximum atomic E-state index is 12.0. The van der Waals surface area contributed by atoms with Crippen LogP contribution in [0, 0.1) is 0 Å².